The van der Waals surface area contributed by atoms with E-state index in [9.17, 15) is 26.6 Å². The number of phenolic OH excluding ortho intramolecular Hbond substituents is 1. The molecule has 0 radical (unpaired) electrons. The van der Waals surface area contributed by atoms with E-state index >= 15 is 0 Å². The highest BCUT2D eigenvalue weighted by Crippen LogP contribution is 2.34. The third-order valence-corrected chi connectivity index (χ3v) is 4.12. The number of hydrogen-bond donors (Lipinski definition) is 1. The maximum Gasteiger partial charge on any atom is 0.302 e. The first kappa shape index (κ1) is 15.0. The van der Waals surface area contributed by atoms with E-state index in [0.717, 1.165) is 17.0 Å². The molecule has 0 aromatic heterocycles. The summed E-state index contributed by atoms with van der Waals surface area (Å²) in [7, 11) is -4.70. The molecule has 1 aliphatic rings. The van der Waals surface area contributed by atoms with E-state index in [4.69, 9.17) is 11.6 Å². The normalized spacial score (nSPS) is 19.6. The van der Waals surface area contributed by atoms with Crippen LogP contribution < -0.4 is 4.90 Å². The fourth-order valence-electron chi connectivity index (χ4n) is 2.14. The average molecular weight is 326 g/mol. The van der Waals surface area contributed by atoms with Gasteiger partial charge in [-0.1, -0.05) is 11.6 Å². The van der Waals surface area contributed by atoms with Crippen molar-refractivity contribution >= 4 is 33.4 Å². The first-order valence-electron chi connectivity index (χ1n) is 5.58. The summed E-state index contributed by atoms with van der Waals surface area (Å²) in [6.45, 7) is -0.139. The van der Waals surface area contributed by atoms with Crippen LogP contribution in [0.2, 0.25) is 5.02 Å². The molecule has 9 heteroatoms. The third-order valence-electron chi connectivity index (χ3n) is 2.95. The number of anilines is 1. The lowest BCUT2D eigenvalue weighted by atomic mass is 10.1. The monoisotopic (exact) mass is 325 g/mol. The molecule has 1 heterocycles. The summed E-state index contributed by atoms with van der Waals surface area (Å²) in [5, 5.41) is 9.22. The van der Waals surface area contributed by atoms with Gasteiger partial charge in [0.2, 0.25) is 5.91 Å². The van der Waals surface area contributed by atoms with Gasteiger partial charge in [0, 0.05) is 24.9 Å². The number of hydrogen-bond acceptors (Lipinski definition) is 4. The van der Waals surface area contributed by atoms with Crippen molar-refractivity contribution in [3.63, 3.8) is 0 Å². The molecule has 1 saturated heterocycles. The zero-order valence-corrected chi connectivity index (χ0v) is 11.6. The molecule has 1 unspecified atom stereocenters. The highest BCUT2D eigenvalue weighted by molar-refractivity contribution is 7.86. The Morgan fingerprint density at radius 3 is 2.70 bits per heavy atom. The van der Waals surface area contributed by atoms with Crippen LogP contribution in [-0.2, 0) is 15.0 Å². The summed E-state index contributed by atoms with van der Waals surface area (Å²) in [6.07, 6.45) is -0.202. The van der Waals surface area contributed by atoms with Crippen molar-refractivity contribution in [1.29, 1.82) is 0 Å². The lowest BCUT2D eigenvalue weighted by molar-refractivity contribution is -0.117. The van der Waals surface area contributed by atoms with Gasteiger partial charge in [0.25, 0.3) is 0 Å². The molecule has 1 aromatic rings. The van der Waals surface area contributed by atoms with Crippen molar-refractivity contribution in [2.24, 2.45) is 5.92 Å². The van der Waals surface area contributed by atoms with Crippen LogP contribution in [0.5, 0.6) is 5.75 Å². The van der Waals surface area contributed by atoms with E-state index in [0.29, 0.717) is 0 Å². The second kappa shape index (κ2) is 5.17. The molecule has 1 N–H and O–H groups in total. The van der Waals surface area contributed by atoms with Gasteiger partial charge >= 0.3 is 10.2 Å². The van der Waals surface area contributed by atoms with Gasteiger partial charge in [0.1, 0.15) is 11.6 Å². The molecule has 110 valence electrons. The molecule has 1 aliphatic heterocycles. The highest BCUT2D eigenvalue weighted by Gasteiger charge is 2.35. The Kier molecular flexibility index (Phi) is 3.88. The summed E-state index contributed by atoms with van der Waals surface area (Å²) < 4.78 is 47.5. The van der Waals surface area contributed by atoms with Gasteiger partial charge in [0.05, 0.1) is 16.5 Å². The zero-order chi connectivity index (χ0) is 15.1. The quantitative estimate of drug-likeness (QED) is 0.860. The Morgan fingerprint density at radius 1 is 1.45 bits per heavy atom. The van der Waals surface area contributed by atoms with Gasteiger partial charge in [-0.3, -0.25) is 4.79 Å². The first-order valence-corrected chi connectivity index (χ1v) is 7.51. The smallest absolute Gasteiger partial charge is 0.302 e. The molecule has 0 saturated carbocycles. The average Bonchev–Trinajstić information content (AvgIpc) is 2.62. The number of benzene rings is 1. The molecule has 20 heavy (non-hydrogen) atoms. The van der Waals surface area contributed by atoms with Crippen molar-refractivity contribution in [3.8, 4) is 5.75 Å². The number of amides is 1. The van der Waals surface area contributed by atoms with Gasteiger partial charge in [-0.05, 0) is 6.07 Å². The summed E-state index contributed by atoms with van der Waals surface area (Å²) >= 11 is 5.52. The maximum atomic E-state index is 13.7. The van der Waals surface area contributed by atoms with Crippen molar-refractivity contribution in [2.75, 3.05) is 17.2 Å². The molecular weight excluding hydrogens is 316 g/mol. The topological polar surface area (TPSA) is 74.7 Å². The summed E-state index contributed by atoms with van der Waals surface area (Å²) in [4.78, 5) is 12.7. The largest absolute Gasteiger partial charge is 0.506 e. The molecule has 1 amide bonds. The highest BCUT2D eigenvalue weighted by atomic mass is 35.5. The lowest BCUT2D eigenvalue weighted by Gasteiger charge is -2.18. The predicted octanol–water partition coefficient (Wildman–Crippen LogP) is 1.84. The Morgan fingerprint density at radius 2 is 2.10 bits per heavy atom. The van der Waals surface area contributed by atoms with Gasteiger partial charge in [-0.2, -0.15) is 8.42 Å². The summed E-state index contributed by atoms with van der Waals surface area (Å²) in [5.74, 6) is -3.33. The molecule has 5 nitrogen and oxygen atoms in total. The Balaban J connectivity index is 2.26. The summed E-state index contributed by atoms with van der Waals surface area (Å²) in [6, 6.07) is 1.82. The molecule has 1 aromatic carbocycles. The Labute approximate surface area is 119 Å². The minimum atomic E-state index is -4.70. The van der Waals surface area contributed by atoms with Gasteiger partial charge in [-0.15, -0.1) is 3.89 Å². The number of carbonyl (C=O) groups is 1. The van der Waals surface area contributed by atoms with Crippen LogP contribution in [-0.4, -0.2) is 31.7 Å². The van der Waals surface area contributed by atoms with E-state index < -0.39 is 39.4 Å². The molecule has 0 bridgehead atoms. The van der Waals surface area contributed by atoms with Crippen molar-refractivity contribution in [1.82, 2.24) is 0 Å². The minimum absolute atomic E-state index is 0.139. The van der Waals surface area contributed by atoms with Crippen LogP contribution in [0.25, 0.3) is 0 Å². The van der Waals surface area contributed by atoms with E-state index in [2.05, 4.69) is 0 Å². The Hall–Kier alpha value is -1.41. The van der Waals surface area contributed by atoms with Crippen LogP contribution in [0.1, 0.15) is 6.42 Å². The Bertz CT molecular complexity index is 665. The fraction of sp³-hybridized carbons (Fsp3) is 0.364. The zero-order valence-electron chi connectivity index (χ0n) is 10.0. The van der Waals surface area contributed by atoms with Crippen LogP contribution in [0.15, 0.2) is 12.1 Å². The number of halogens is 3. The van der Waals surface area contributed by atoms with Crippen molar-refractivity contribution in [3.05, 3.63) is 23.0 Å². The van der Waals surface area contributed by atoms with E-state index in [1.807, 2.05) is 0 Å². The lowest BCUT2D eigenvalue weighted by Crippen LogP contribution is -2.26. The molecule has 0 aliphatic carbocycles. The molecule has 0 spiro atoms. The first-order chi connectivity index (χ1) is 9.17. The van der Waals surface area contributed by atoms with E-state index in [-0.39, 0.29) is 23.7 Å². The van der Waals surface area contributed by atoms with Crippen LogP contribution >= 0.6 is 11.6 Å². The summed E-state index contributed by atoms with van der Waals surface area (Å²) in [5.41, 5.74) is -0.212. The SMILES string of the molecule is O=C1CC(CS(=O)(=O)F)CN1c1cc(O)c(Cl)cc1F. The van der Waals surface area contributed by atoms with Crippen molar-refractivity contribution in [2.45, 2.75) is 6.42 Å². The van der Waals surface area contributed by atoms with Crippen molar-refractivity contribution < 1.29 is 26.6 Å². The fourth-order valence-corrected chi connectivity index (χ4v) is 3.08. The predicted molar refractivity (Wildman–Crippen MR) is 68.4 cm³/mol. The van der Waals surface area contributed by atoms with Crippen LogP contribution in [0, 0.1) is 11.7 Å². The van der Waals surface area contributed by atoms with E-state index in [1.165, 1.54) is 0 Å². The van der Waals surface area contributed by atoms with Crippen LogP contribution in [0.4, 0.5) is 14.0 Å². The van der Waals surface area contributed by atoms with Crippen LogP contribution in [0.3, 0.4) is 0 Å². The number of nitrogens with zero attached hydrogens (tertiary/aromatic N) is 1. The standard InChI is InChI=1S/C11H10ClF2NO4S/c12-7-2-8(13)9(3-10(7)16)15-4-6(1-11(15)17)5-20(14,18)19/h2-3,6,16H,1,4-5H2. The second-order valence-corrected chi connectivity index (χ2v) is 6.35. The number of carbonyl (C=O) groups excluding carboxylic acids is 1. The molecule has 1 fully saturated rings. The van der Waals surface area contributed by atoms with Gasteiger partial charge in [0.15, 0.2) is 0 Å². The van der Waals surface area contributed by atoms with Gasteiger partial charge in [-0.25, -0.2) is 4.39 Å². The van der Waals surface area contributed by atoms with E-state index in [1.54, 1.807) is 0 Å². The third kappa shape index (κ3) is 3.18. The molecular formula is C11H10ClF2NO4S. The number of phenols is 1. The maximum absolute atomic E-state index is 13.7. The number of rotatable bonds is 3. The molecule has 1 atom stereocenters. The molecule has 2 rings (SSSR count). The second-order valence-electron chi connectivity index (χ2n) is 4.54. The van der Waals surface area contributed by atoms with Gasteiger partial charge < -0.3 is 10.0 Å². The number of aromatic hydroxyl groups is 1. The minimum Gasteiger partial charge on any atom is -0.506 e.